The first-order valence-electron chi connectivity index (χ1n) is 5.15. The summed E-state index contributed by atoms with van der Waals surface area (Å²) in [5.74, 6) is -3.14. The normalized spacial score (nSPS) is 37.1. The van der Waals surface area contributed by atoms with Crippen molar-refractivity contribution in [2.24, 2.45) is 0 Å². The van der Waals surface area contributed by atoms with E-state index in [9.17, 15) is 4.57 Å². The van der Waals surface area contributed by atoms with Crippen molar-refractivity contribution in [1.82, 2.24) is 10.6 Å². The van der Waals surface area contributed by atoms with Gasteiger partial charge in [0.25, 0.3) is 0 Å². The largest absolute Gasteiger partial charge is 0.367 e. The molecule has 2 N–H and O–H groups in total. The molecule has 5 nitrogen and oxygen atoms in total. The Morgan fingerprint density at radius 1 is 1.07 bits per heavy atom. The second-order valence-corrected chi connectivity index (χ2v) is 9.41. The van der Waals surface area contributed by atoms with E-state index in [0.717, 1.165) is 13.1 Å². The fourth-order valence-electron chi connectivity index (χ4n) is 1.74. The zero-order valence-electron chi connectivity index (χ0n) is 8.45. The van der Waals surface area contributed by atoms with Crippen molar-refractivity contribution in [2.75, 3.05) is 39.4 Å². The molecule has 2 aliphatic heterocycles. The zero-order chi connectivity index (χ0) is 10.7. The molecule has 0 amide bonds. The molecule has 0 aromatic carbocycles. The van der Waals surface area contributed by atoms with Gasteiger partial charge in [0.05, 0.1) is 13.2 Å². The van der Waals surface area contributed by atoms with Crippen LogP contribution in [0.1, 0.15) is 0 Å². The van der Waals surface area contributed by atoms with Gasteiger partial charge in [-0.05, 0) is 15.5 Å². The molecule has 0 aromatic heterocycles. The Morgan fingerprint density at radius 3 is 1.87 bits per heavy atom. The van der Waals surface area contributed by atoms with E-state index in [-0.39, 0.29) is 11.7 Å². The van der Waals surface area contributed by atoms with Crippen molar-refractivity contribution in [3.05, 3.63) is 0 Å². The lowest BCUT2D eigenvalue weighted by Crippen LogP contribution is -2.43. The summed E-state index contributed by atoms with van der Waals surface area (Å²) in [4.78, 5) is 0. The Hall–Kier alpha value is 0.550. The highest BCUT2D eigenvalue weighted by atomic mass is 79.9. The Labute approximate surface area is 97.4 Å². The zero-order valence-corrected chi connectivity index (χ0v) is 10.9. The summed E-state index contributed by atoms with van der Waals surface area (Å²) in [5, 5.41) is 6.35. The first kappa shape index (κ1) is 12.0. The van der Waals surface area contributed by atoms with Gasteiger partial charge in [-0.15, -0.1) is 0 Å². The Morgan fingerprint density at radius 2 is 1.53 bits per heavy atom. The number of hydrogen-bond donors (Lipinski definition) is 2. The van der Waals surface area contributed by atoms with Crippen LogP contribution in [0, 0.1) is 0 Å². The Bertz CT molecular complexity index is 232. The third kappa shape index (κ3) is 2.81. The van der Waals surface area contributed by atoms with E-state index >= 15 is 0 Å². The first-order valence-corrected chi connectivity index (χ1v) is 9.01. The van der Waals surface area contributed by atoms with Gasteiger partial charge < -0.3 is 24.7 Å². The highest BCUT2D eigenvalue weighted by molar-refractivity contribution is 9.40. The smallest absolute Gasteiger partial charge is 0.205 e. The minimum Gasteiger partial charge on any atom is -0.367 e. The number of morpholine rings is 2. The van der Waals surface area contributed by atoms with Crippen LogP contribution in [0.25, 0.3) is 0 Å². The maximum absolute atomic E-state index is 12.5. The van der Waals surface area contributed by atoms with Crippen LogP contribution >= 0.6 is 21.3 Å². The van der Waals surface area contributed by atoms with Gasteiger partial charge in [0.1, 0.15) is 11.7 Å². The minimum absolute atomic E-state index is 0.267. The van der Waals surface area contributed by atoms with Crippen LogP contribution in [0.3, 0.4) is 0 Å². The third-order valence-electron chi connectivity index (χ3n) is 2.60. The molecule has 0 spiro atoms. The molecule has 7 heteroatoms. The van der Waals surface area contributed by atoms with Crippen LogP contribution in [0.2, 0.25) is 0 Å². The minimum atomic E-state index is -2.60. The van der Waals surface area contributed by atoms with Crippen molar-refractivity contribution < 1.29 is 14.0 Å². The van der Waals surface area contributed by atoms with Gasteiger partial charge >= 0.3 is 0 Å². The van der Waals surface area contributed by atoms with Crippen LogP contribution in [-0.2, 0) is 14.0 Å². The van der Waals surface area contributed by atoms with Crippen LogP contribution in [0.4, 0.5) is 0 Å². The van der Waals surface area contributed by atoms with E-state index in [1.807, 2.05) is 0 Å². The van der Waals surface area contributed by atoms with Crippen LogP contribution in [0.15, 0.2) is 0 Å². The summed E-state index contributed by atoms with van der Waals surface area (Å²) < 4.78 is 23.5. The van der Waals surface area contributed by atoms with Crippen LogP contribution in [0.5, 0.6) is 0 Å². The van der Waals surface area contributed by atoms with Gasteiger partial charge in [0.15, 0.2) is 0 Å². The average Bonchev–Trinajstić information content (AvgIpc) is 2.31. The van der Waals surface area contributed by atoms with Crippen molar-refractivity contribution >= 4 is 21.3 Å². The van der Waals surface area contributed by atoms with Gasteiger partial charge in [-0.2, -0.15) is 0 Å². The molecule has 0 aromatic rings. The second kappa shape index (κ2) is 5.25. The van der Waals surface area contributed by atoms with Crippen molar-refractivity contribution in [3.63, 3.8) is 0 Å². The predicted octanol–water partition coefficient (Wildman–Crippen LogP) is 0.551. The predicted molar refractivity (Wildman–Crippen MR) is 61.8 cm³/mol. The molecule has 2 unspecified atom stereocenters. The van der Waals surface area contributed by atoms with Gasteiger partial charge in [0, 0.05) is 26.2 Å². The van der Waals surface area contributed by atoms with Crippen molar-refractivity contribution in [2.45, 2.75) is 11.7 Å². The number of rotatable bonds is 2. The molecule has 2 saturated heterocycles. The molecule has 15 heavy (non-hydrogen) atoms. The lowest BCUT2D eigenvalue weighted by atomic mass is 10.5. The summed E-state index contributed by atoms with van der Waals surface area (Å²) in [7, 11) is 0. The van der Waals surface area contributed by atoms with Gasteiger partial charge in [-0.3, -0.25) is 0 Å². The quantitative estimate of drug-likeness (QED) is 0.729. The van der Waals surface area contributed by atoms with E-state index < -0.39 is 5.84 Å². The molecule has 2 heterocycles. The number of halogens is 1. The van der Waals surface area contributed by atoms with E-state index in [1.165, 1.54) is 0 Å². The molecule has 2 fully saturated rings. The highest BCUT2D eigenvalue weighted by Gasteiger charge is 2.41. The maximum atomic E-state index is 12.5. The number of nitrogens with one attached hydrogen (secondary N) is 2. The molecule has 0 saturated carbocycles. The molecule has 2 atom stereocenters. The molecule has 88 valence electrons. The average molecular weight is 299 g/mol. The van der Waals surface area contributed by atoms with Gasteiger partial charge in [0.2, 0.25) is 5.84 Å². The molecule has 2 rings (SSSR count). The molecule has 0 bridgehead atoms. The van der Waals surface area contributed by atoms with E-state index in [1.54, 1.807) is 0 Å². The molecular weight excluding hydrogens is 283 g/mol. The summed E-state index contributed by atoms with van der Waals surface area (Å²) in [5.41, 5.74) is 0. The maximum Gasteiger partial charge on any atom is 0.205 e. The number of ether oxygens (including phenoxy) is 2. The summed E-state index contributed by atoms with van der Waals surface area (Å²) >= 11 is 3.33. The van der Waals surface area contributed by atoms with E-state index in [0.29, 0.717) is 26.3 Å². The lowest BCUT2D eigenvalue weighted by Gasteiger charge is -2.34. The van der Waals surface area contributed by atoms with Gasteiger partial charge in [-0.1, -0.05) is 0 Å². The second-order valence-electron chi connectivity index (χ2n) is 3.68. The van der Waals surface area contributed by atoms with Crippen LogP contribution < -0.4 is 10.6 Å². The van der Waals surface area contributed by atoms with Crippen molar-refractivity contribution in [1.29, 1.82) is 0 Å². The lowest BCUT2D eigenvalue weighted by molar-refractivity contribution is 0.0536. The highest BCUT2D eigenvalue weighted by Crippen LogP contribution is 2.63. The SMILES string of the molecule is O=P(Br)(C1CNCCO1)C1CNCCO1. The third-order valence-corrected chi connectivity index (χ3v) is 7.58. The van der Waals surface area contributed by atoms with Crippen LogP contribution in [-0.4, -0.2) is 51.1 Å². The van der Waals surface area contributed by atoms with Crippen molar-refractivity contribution in [3.8, 4) is 0 Å². The standard InChI is InChI=1S/C8H16BrN2O3P/c9-15(12,7-5-10-1-3-13-7)8-6-11-2-4-14-8/h7-8,10-11H,1-6H2. The topological polar surface area (TPSA) is 59.6 Å². The Kier molecular flexibility index (Phi) is 4.21. The first-order chi connectivity index (χ1) is 7.21. The monoisotopic (exact) mass is 298 g/mol. The fourth-order valence-corrected chi connectivity index (χ4v) is 5.06. The molecule has 2 aliphatic rings. The summed E-state index contributed by atoms with van der Waals surface area (Å²) in [6, 6.07) is 0. The summed E-state index contributed by atoms with van der Waals surface area (Å²) in [6.07, 6.45) is 0. The van der Waals surface area contributed by atoms with Gasteiger partial charge in [-0.25, -0.2) is 0 Å². The Balaban J connectivity index is 1.99. The molecular formula is C8H16BrN2O3P. The van der Waals surface area contributed by atoms with E-state index in [2.05, 4.69) is 26.1 Å². The van der Waals surface area contributed by atoms with E-state index in [4.69, 9.17) is 9.47 Å². The summed E-state index contributed by atoms with van der Waals surface area (Å²) in [6.45, 7) is 4.13. The number of hydrogen-bond acceptors (Lipinski definition) is 5. The molecule has 0 aliphatic carbocycles. The molecule has 0 radical (unpaired) electrons. The fraction of sp³-hybridized carbons (Fsp3) is 1.00.